The molecule has 4 rings (SSSR count). The summed E-state index contributed by atoms with van der Waals surface area (Å²) >= 11 is 3.57. The van der Waals surface area contributed by atoms with Gasteiger partial charge in [0, 0.05) is 24.1 Å². The van der Waals surface area contributed by atoms with E-state index in [1.807, 2.05) is 0 Å². The molecule has 0 bridgehead atoms. The maximum Gasteiger partial charge on any atom is 0.132 e. The average molecular weight is 336 g/mol. The minimum atomic E-state index is 0.708. The van der Waals surface area contributed by atoms with E-state index in [0.717, 1.165) is 35.4 Å². The number of aromatic amines is 1. The van der Waals surface area contributed by atoms with Crippen molar-refractivity contribution in [3.8, 4) is 5.75 Å². The number of halogens is 1. The highest BCUT2D eigenvalue weighted by molar-refractivity contribution is 9.10. The van der Waals surface area contributed by atoms with Gasteiger partial charge in [-0.2, -0.15) is 0 Å². The lowest BCUT2D eigenvalue weighted by Gasteiger charge is -2.28. The molecule has 2 aliphatic rings. The zero-order chi connectivity index (χ0) is 13.5. The van der Waals surface area contributed by atoms with Gasteiger partial charge in [-0.3, -0.25) is 0 Å². The standard InChI is InChI=1S/C15H18BrN3O/c16-10-8-11-13-12(9-10)20-7-4-17-14(13)15(18-11)19-5-2-1-3-6-19/h8-9,17-18H,1-7H2. The topological polar surface area (TPSA) is 40.3 Å². The highest BCUT2D eigenvalue weighted by Crippen LogP contribution is 2.43. The number of hydrogen-bond acceptors (Lipinski definition) is 3. The molecule has 1 aromatic heterocycles. The van der Waals surface area contributed by atoms with Crippen molar-refractivity contribution < 1.29 is 4.74 Å². The van der Waals surface area contributed by atoms with E-state index in [2.05, 4.69) is 43.3 Å². The fourth-order valence-electron chi connectivity index (χ4n) is 3.22. The molecule has 1 aromatic carbocycles. The van der Waals surface area contributed by atoms with Gasteiger partial charge < -0.3 is 19.9 Å². The van der Waals surface area contributed by atoms with E-state index in [1.54, 1.807) is 0 Å². The Hall–Kier alpha value is -1.36. The summed E-state index contributed by atoms with van der Waals surface area (Å²) in [7, 11) is 0. The van der Waals surface area contributed by atoms with Gasteiger partial charge in [0.2, 0.25) is 0 Å². The first-order valence-electron chi connectivity index (χ1n) is 7.30. The summed E-state index contributed by atoms with van der Waals surface area (Å²) in [5.41, 5.74) is 2.35. The van der Waals surface area contributed by atoms with Gasteiger partial charge in [-0.05, 0) is 31.4 Å². The van der Waals surface area contributed by atoms with Crippen LogP contribution in [0.2, 0.25) is 0 Å². The first-order valence-corrected chi connectivity index (χ1v) is 8.09. The second kappa shape index (κ2) is 4.88. The Morgan fingerprint density at radius 3 is 2.85 bits per heavy atom. The fraction of sp³-hybridized carbons (Fsp3) is 0.467. The summed E-state index contributed by atoms with van der Waals surface area (Å²) in [5, 5.41) is 4.73. The van der Waals surface area contributed by atoms with Crippen LogP contribution in [0.15, 0.2) is 16.6 Å². The van der Waals surface area contributed by atoms with Gasteiger partial charge in [0.1, 0.15) is 18.2 Å². The van der Waals surface area contributed by atoms with Crippen LogP contribution in [-0.4, -0.2) is 31.2 Å². The first kappa shape index (κ1) is 12.4. The number of aromatic nitrogens is 1. The lowest BCUT2D eigenvalue weighted by molar-refractivity contribution is 0.339. The van der Waals surface area contributed by atoms with E-state index in [9.17, 15) is 0 Å². The SMILES string of the molecule is Brc1cc2c3c(c(N4CCCCC4)[nH]c3c1)NCCO2. The zero-order valence-corrected chi connectivity index (χ0v) is 12.9. The molecule has 2 aliphatic heterocycles. The van der Waals surface area contributed by atoms with Crippen LogP contribution in [0.4, 0.5) is 11.5 Å². The molecular weight excluding hydrogens is 318 g/mol. The molecule has 1 saturated heterocycles. The van der Waals surface area contributed by atoms with Gasteiger partial charge in [-0.25, -0.2) is 0 Å². The maximum atomic E-state index is 5.87. The van der Waals surface area contributed by atoms with Crippen LogP contribution in [-0.2, 0) is 0 Å². The van der Waals surface area contributed by atoms with Crippen molar-refractivity contribution in [2.24, 2.45) is 0 Å². The van der Waals surface area contributed by atoms with Crippen LogP contribution in [0.1, 0.15) is 19.3 Å². The molecule has 1 fully saturated rings. The summed E-state index contributed by atoms with van der Waals surface area (Å²) in [4.78, 5) is 6.05. The van der Waals surface area contributed by atoms with Crippen molar-refractivity contribution in [2.75, 3.05) is 36.5 Å². The van der Waals surface area contributed by atoms with Crippen molar-refractivity contribution in [2.45, 2.75) is 19.3 Å². The van der Waals surface area contributed by atoms with Crippen molar-refractivity contribution in [1.82, 2.24) is 4.98 Å². The van der Waals surface area contributed by atoms with E-state index in [-0.39, 0.29) is 0 Å². The summed E-state index contributed by atoms with van der Waals surface area (Å²) < 4.78 is 6.93. The van der Waals surface area contributed by atoms with E-state index in [4.69, 9.17) is 4.74 Å². The Labute approximate surface area is 126 Å². The molecule has 2 aromatic rings. The minimum Gasteiger partial charge on any atom is -0.491 e. The van der Waals surface area contributed by atoms with Crippen LogP contribution >= 0.6 is 15.9 Å². The number of piperidine rings is 1. The summed E-state index contributed by atoms with van der Waals surface area (Å²) in [5.74, 6) is 2.19. The number of anilines is 2. The number of benzene rings is 1. The van der Waals surface area contributed by atoms with Crippen LogP contribution in [0.3, 0.4) is 0 Å². The van der Waals surface area contributed by atoms with Gasteiger partial charge >= 0.3 is 0 Å². The largest absolute Gasteiger partial charge is 0.491 e. The normalized spacial score (nSPS) is 18.6. The molecule has 0 aliphatic carbocycles. The number of hydrogen-bond donors (Lipinski definition) is 2. The predicted octanol–water partition coefficient (Wildman–Crippen LogP) is 3.73. The molecule has 20 heavy (non-hydrogen) atoms. The Morgan fingerprint density at radius 2 is 2.00 bits per heavy atom. The third kappa shape index (κ3) is 1.95. The summed E-state index contributed by atoms with van der Waals surface area (Å²) in [6.07, 6.45) is 3.91. The third-order valence-electron chi connectivity index (χ3n) is 4.14. The Kier molecular flexibility index (Phi) is 3.02. The van der Waals surface area contributed by atoms with Gasteiger partial charge in [0.05, 0.1) is 16.6 Å². The number of H-pyrrole nitrogens is 1. The zero-order valence-electron chi connectivity index (χ0n) is 11.3. The molecule has 4 nitrogen and oxygen atoms in total. The summed E-state index contributed by atoms with van der Waals surface area (Å²) in [6, 6.07) is 4.19. The molecule has 2 N–H and O–H groups in total. The average Bonchev–Trinajstić information content (AvgIpc) is 2.68. The second-order valence-corrected chi connectivity index (χ2v) is 6.41. The van der Waals surface area contributed by atoms with Gasteiger partial charge in [0.25, 0.3) is 0 Å². The lowest BCUT2D eigenvalue weighted by Crippen LogP contribution is -2.30. The van der Waals surface area contributed by atoms with Crippen molar-refractivity contribution in [3.63, 3.8) is 0 Å². The van der Waals surface area contributed by atoms with Gasteiger partial charge in [0.15, 0.2) is 0 Å². The Bertz CT molecular complexity index is 646. The van der Waals surface area contributed by atoms with Crippen LogP contribution in [0.5, 0.6) is 5.75 Å². The number of rotatable bonds is 1. The molecule has 0 unspecified atom stereocenters. The minimum absolute atomic E-state index is 0.708. The number of ether oxygens (including phenoxy) is 1. The van der Waals surface area contributed by atoms with E-state index >= 15 is 0 Å². The van der Waals surface area contributed by atoms with Crippen LogP contribution in [0.25, 0.3) is 10.9 Å². The predicted molar refractivity (Wildman–Crippen MR) is 86.0 cm³/mol. The van der Waals surface area contributed by atoms with E-state index in [1.165, 1.54) is 36.2 Å². The summed E-state index contributed by atoms with van der Waals surface area (Å²) in [6.45, 7) is 3.83. The molecule has 106 valence electrons. The van der Waals surface area contributed by atoms with Crippen molar-refractivity contribution >= 4 is 38.3 Å². The Morgan fingerprint density at radius 1 is 1.15 bits per heavy atom. The van der Waals surface area contributed by atoms with E-state index < -0.39 is 0 Å². The number of nitrogens with one attached hydrogen (secondary N) is 2. The third-order valence-corrected chi connectivity index (χ3v) is 4.60. The molecule has 0 spiro atoms. The van der Waals surface area contributed by atoms with Gasteiger partial charge in [-0.1, -0.05) is 15.9 Å². The molecule has 0 saturated carbocycles. The van der Waals surface area contributed by atoms with Crippen LogP contribution in [0, 0.1) is 0 Å². The Balaban J connectivity index is 1.90. The molecular formula is C15H18BrN3O. The number of nitrogens with zero attached hydrogens (tertiary/aromatic N) is 1. The molecule has 0 atom stereocenters. The molecule has 0 radical (unpaired) electrons. The lowest BCUT2D eigenvalue weighted by atomic mass is 10.1. The molecule has 0 amide bonds. The maximum absolute atomic E-state index is 5.87. The highest BCUT2D eigenvalue weighted by Gasteiger charge is 2.23. The van der Waals surface area contributed by atoms with Crippen molar-refractivity contribution in [1.29, 1.82) is 0 Å². The quantitative estimate of drug-likeness (QED) is 0.834. The highest BCUT2D eigenvalue weighted by atomic mass is 79.9. The first-order chi connectivity index (χ1) is 9.83. The van der Waals surface area contributed by atoms with Gasteiger partial charge in [-0.15, -0.1) is 0 Å². The fourth-order valence-corrected chi connectivity index (χ4v) is 3.66. The monoisotopic (exact) mass is 335 g/mol. The van der Waals surface area contributed by atoms with E-state index in [0.29, 0.717) is 6.61 Å². The smallest absolute Gasteiger partial charge is 0.132 e. The van der Waals surface area contributed by atoms with Crippen LogP contribution < -0.4 is 15.0 Å². The van der Waals surface area contributed by atoms with Crippen molar-refractivity contribution in [3.05, 3.63) is 16.6 Å². The second-order valence-electron chi connectivity index (χ2n) is 5.50. The molecule has 5 heteroatoms. The molecule has 3 heterocycles.